The van der Waals surface area contributed by atoms with Gasteiger partial charge in [0.1, 0.15) is 18.0 Å². The van der Waals surface area contributed by atoms with Crippen molar-refractivity contribution in [1.29, 1.82) is 5.26 Å². The van der Waals surface area contributed by atoms with Crippen LogP contribution in [0.25, 0.3) is 22.0 Å². The summed E-state index contributed by atoms with van der Waals surface area (Å²) in [7, 11) is 0. The summed E-state index contributed by atoms with van der Waals surface area (Å²) in [6.45, 7) is 1.44. The van der Waals surface area contributed by atoms with Crippen LogP contribution in [0.2, 0.25) is 10.0 Å². The van der Waals surface area contributed by atoms with Crippen LogP contribution in [0.3, 0.4) is 0 Å². The number of rotatable bonds is 4. The van der Waals surface area contributed by atoms with E-state index in [0.29, 0.717) is 46.4 Å². The average molecular weight is 490 g/mol. The molecule has 1 saturated heterocycles. The van der Waals surface area contributed by atoms with Gasteiger partial charge in [-0.3, -0.25) is 0 Å². The number of benzene rings is 1. The van der Waals surface area contributed by atoms with Gasteiger partial charge in [0.25, 0.3) is 0 Å². The number of ether oxygens (including phenoxy) is 2. The highest BCUT2D eigenvalue weighted by Crippen LogP contribution is 2.47. The van der Waals surface area contributed by atoms with Gasteiger partial charge in [-0.15, -0.1) is 0 Å². The number of nitrogens with zero attached hydrogens (tertiary/aromatic N) is 5. The van der Waals surface area contributed by atoms with Gasteiger partial charge < -0.3 is 24.0 Å². The predicted molar refractivity (Wildman–Crippen MR) is 122 cm³/mol. The van der Waals surface area contributed by atoms with Crippen molar-refractivity contribution in [2.75, 3.05) is 19.8 Å². The van der Waals surface area contributed by atoms with Gasteiger partial charge in [0.05, 0.1) is 33.7 Å². The Kier molecular flexibility index (Phi) is 5.83. The maximum Gasteiger partial charge on any atom is 0.407 e. The molecule has 0 aliphatic carbocycles. The average Bonchev–Trinajstić information content (AvgIpc) is 3.43. The third-order valence-corrected chi connectivity index (χ3v) is 6.91. The molecule has 172 valence electrons. The predicted octanol–water partition coefficient (Wildman–Crippen LogP) is 4.91. The molecule has 0 radical (unpaired) electrons. The Bertz CT molecular complexity index is 1270. The lowest BCUT2D eigenvalue weighted by atomic mass is 10.0. The molecule has 2 aliphatic heterocycles. The third-order valence-electron chi connectivity index (χ3n) is 6.13. The number of aromatic nitrogens is 3. The number of carbonyl (C=O) groups is 1. The van der Waals surface area contributed by atoms with Crippen LogP contribution >= 0.6 is 23.2 Å². The summed E-state index contributed by atoms with van der Waals surface area (Å²) in [5, 5.41) is 24.6. The zero-order chi connectivity index (χ0) is 23.1. The van der Waals surface area contributed by atoms with E-state index in [0.717, 1.165) is 36.1 Å². The third kappa shape index (κ3) is 3.78. The van der Waals surface area contributed by atoms with Crippen molar-refractivity contribution < 1.29 is 19.4 Å². The zero-order valence-electron chi connectivity index (χ0n) is 17.6. The number of hydrogen-bond acceptors (Lipinski definition) is 5. The summed E-state index contributed by atoms with van der Waals surface area (Å²) < 4.78 is 15.4. The first-order chi connectivity index (χ1) is 16.0. The van der Waals surface area contributed by atoms with Crippen molar-refractivity contribution in [3.8, 4) is 22.9 Å². The molecular weight excluding hydrogens is 469 g/mol. The molecule has 11 heteroatoms. The summed E-state index contributed by atoms with van der Waals surface area (Å²) in [5.74, 6) is 0.418. The molecule has 1 unspecified atom stereocenters. The second-order valence-corrected chi connectivity index (χ2v) is 8.83. The molecule has 1 N–H and O–H groups in total. The number of halogens is 2. The first kappa shape index (κ1) is 21.9. The highest BCUT2D eigenvalue weighted by molar-refractivity contribution is 6.45. The van der Waals surface area contributed by atoms with Gasteiger partial charge in [-0.2, -0.15) is 10.4 Å². The molecule has 1 aromatic carbocycles. The van der Waals surface area contributed by atoms with Crippen molar-refractivity contribution >= 4 is 40.2 Å². The largest absolute Gasteiger partial charge is 0.478 e. The molecule has 0 bridgehead atoms. The first-order valence-electron chi connectivity index (χ1n) is 10.7. The molecule has 0 spiro atoms. The fraction of sp³-hybridized carbons (Fsp3) is 0.409. The van der Waals surface area contributed by atoms with Crippen molar-refractivity contribution in [3.05, 3.63) is 34.2 Å². The molecule has 1 atom stereocenters. The van der Waals surface area contributed by atoms with Crippen molar-refractivity contribution in [2.24, 2.45) is 0 Å². The molecule has 9 nitrogen and oxygen atoms in total. The zero-order valence-corrected chi connectivity index (χ0v) is 19.1. The maximum atomic E-state index is 11.7. The van der Waals surface area contributed by atoms with Gasteiger partial charge in [0.2, 0.25) is 0 Å². The minimum atomic E-state index is -0.992. The molecule has 5 rings (SSSR count). The molecule has 2 aromatic heterocycles. The summed E-state index contributed by atoms with van der Waals surface area (Å²) in [4.78, 5) is 13.1. The fourth-order valence-electron chi connectivity index (χ4n) is 4.65. The SMILES string of the molecule is N#CCOc1cc(Cl)c(Cl)c2c1c(-c1cnn(C3CCCCO3)c1)c1n2CCN(C(=O)O)C1. The summed E-state index contributed by atoms with van der Waals surface area (Å²) in [6.07, 6.45) is 5.49. The van der Waals surface area contributed by atoms with Crippen LogP contribution in [-0.2, 0) is 17.8 Å². The Morgan fingerprint density at radius 1 is 1.36 bits per heavy atom. The normalized spacial score (nSPS) is 18.2. The Morgan fingerprint density at radius 3 is 2.94 bits per heavy atom. The van der Waals surface area contributed by atoms with Crippen LogP contribution in [-0.4, -0.2) is 50.2 Å². The van der Waals surface area contributed by atoms with Crippen LogP contribution in [0.1, 0.15) is 31.2 Å². The van der Waals surface area contributed by atoms with E-state index in [2.05, 4.69) is 5.10 Å². The molecule has 1 fully saturated rings. The molecule has 0 saturated carbocycles. The standard InChI is InChI=1S/C22H21Cl2N5O4/c23-14-9-16(32-8-4-25)19-18(13-10-26-29(11-13)17-3-1-2-7-33-17)15-12-27(22(30)31)5-6-28(15)21(19)20(14)24/h9-11,17H,1-3,5-8,12H2,(H,30,31). The van der Waals surface area contributed by atoms with E-state index in [1.165, 1.54) is 4.90 Å². The van der Waals surface area contributed by atoms with Gasteiger partial charge >= 0.3 is 6.09 Å². The van der Waals surface area contributed by atoms with Gasteiger partial charge in [-0.25, -0.2) is 9.48 Å². The number of carboxylic acid groups (broad SMARTS) is 1. The minimum absolute atomic E-state index is 0.139. The molecular formula is C22H21Cl2N5O4. The summed E-state index contributed by atoms with van der Waals surface area (Å²) in [6, 6.07) is 3.58. The lowest BCUT2D eigenvalue weighted by Gasteiger charge is -2.27. The highest BCUT2D eigenvalue weighted by atomic mass is 35.5. The molecule has 1 amide bonds. The quantitative estimate of drug-likeness (QED) is 0.558. The van der Waals surface area contributed by atoms with Crippen LogP contribution < -0.4 is 4.74 Å². The Morgan fingerprint density at radius 2 is 2.21 bits per heavy atom. The summed E-state index contributed by atoms with van der Waals surface area (Å²) >= 11 is 13.1. The van der Waals surface area contributed by atoms with E-state index in [-0.39, 0.29) is 19.4 Å². The van der Waals surface area contributed by atoms with Gasteiger partial charge in [-0.1, -0.05) is 23.2 Å². The van der Waals surface area contributed by atoms with E-state index in [4.69, 9.17) is 37.9 Å². The van der Waals surface area contributed by atoms with E-state index in [1.54, 1.807) is 16.9 Å². The van der Waals surface area contributed by atoms with Crippen molar-refractivity contribution in [1.82, 2.24) is 19.2 Å². The highest BCUT2D eigenvalue weighted by Gasteiger charge is 2.31. The minimum Gasteiger partial charge on any atom is -0.478 e. The van der Waals surface area contributed by atoms with E-state index in [9.17, 15) is 9.90 Å². The van der Waals surface area contributed by atoms with Gasteiger partial charge in [-0.05, 0) is 19.3 Å². The summed E-state index contributed by atoms with van der Waals surface area (Å²) in [5.41, 5.74) is 2.99. The van der Waals surface area contributed by atoms with E-state index >= 15 is 0 Å². The van der Waals surface area contributed by atoms with Crippen molar-refractivity contribution in [3.63, 3.8) is 0 Å². The van der Waals surface area contributed by atoms with Gasteiger partial charge in [0.15, 0.2) is 6.61 Å². The molecule has 4 heterocycles. The molecule has 3 aromatic rings. The van der Waals surface area contributed by atoms with Crippen LogP contribution in [0.5, 0.6) is 5.75 Å². The molecule has 2 aliphatic rings. The topological polar surface area (TPSA) is 106 Å². The number of amides is 1. The van der Waals surface area contributed by atoms with Crippen LogP contribution in [0.15, 0.2) is 18.5 Å². The number of nitriles is 1. The number of fused-ring (bicyclic) bond motifs is 3. The second kappa shape index (κ2) is 8.78. The maximum absolute atomic E-state index is 11.7. The fourth-order valence-corrected chi connectivity index (χ4v) is 5.09. The van der Waals surface area contributed by atoms with E-state index < -0.39 is 6.09 Å². The molecule has 33 heavy (non-hydrogen) atoms. The Hall–Kier alpha value is -2.93. The van der Waals surface area contributed by atoms with E-state index in [1.807, 2.05) is 16.8 Å². The first-order valence-corrected chi connectivity index (χ1v) is 11.4. The smallest absolute Gasteiger partial charge is 0.407 e. The lowest BCUT2D eigenvalue weighted by Crippen LogP contribution is -2.37. The van der Waals surface area contributed by atoms with Crippen LogP contribution in [0.4, 0.5) is 4.79 Å². The number of hydrogen-bond donors (Lipinski definition) is 1. The Labute approximate surface area is 199 Å². The van der Waals surface area contributed by atoms with Crippen molar-refractivity contribution in [2.45, 2.75) is 38.6 Å². The lowest BCUT2D eigenvalue weighted by molar-refractivity contribution is -0.0394. The van der Waals surface area contributed by atoms with Crippen LogP contribution in [0, 0.1) is 11.3 Å². The Balaban J connectivity index is 1.73. The second-order valence-electron chi connectivity index (χ2n) is 8.05. The van der Waals surface area contributed by atoms with Gasteiger partial charge in [0, 0.05) is 48.8 Å². The monoisotopic (exact) mass is 489 g/mol.